The van der Waals surface area contributed by atoms with Gasteiger partial charge in [0.2, 0.25) is 5.91 Å². The summed E-state index contributed by atoms with van der Waals surface area (Å²) in [5.74, 6) is -0.525. The number of hydrogen-bond donors (Lipinski definition) is 1. The highest BCUT2D eigenvalue weighted by Crippen LogP contribution is 2.36. The number of amides is 1. The van der Waals surface area contributed by atoms with Crippen LogP contribution < -0.4 is 5.32 Å². The Kier molecular flexibility index (Phi) is 3.89. The monoisotopic (exact) mass is 270 g/mol. The quantitative estimate of drug-likeness (QED) is 0.848. The summed E-state index contributed by atoms with van der Waals surface area (Å²) in [6, 6.07) is 4.68. The molecular formula is C13H13F3N2O. The van der Waals surface area contributed by atoms with Crippen LogP contribution >= 0.6 is 0 Å². The van der Waals surface area contributed by atoms with Crippen molar-refractivity contribution >= 4 is 11.6 Å². The van der Waals surface area contributed by atoms with Gasteiger partial charge in [0.25, 0.3) is 0 Å². The van der Waals surface area contributed by atoms with Crippen molar-refractivity contribution in [2.24, 2.45) is 5.41 Å². The average molecular weight is 270 g/mol. The Hall–Kier alpha value is -2.03. The minimum absolute atomic E-state index is 0.110. The van der Waals surface area contributed by atoms with Gasteiger partial charge in [0, 0.05) is 5.41 Å². The fraction of sp³-hybridized carbons (Fsp3) is 0.385. The molecule has 1 aromatic rings. The molecule has 19 heavy (non-hydrogen) atoms. The molecule has 0 aliphatic carbocycles. The average Bonchev–Trinajstić information content (AvgIpc) is 2.26. The third-order valence-corrected chi connectivity index (χ3v) is 2.38. The van der Waals surface area contributed by atoms with E-state index in [0.29, 0.717) is 0 Å². The third kappa shape index (κ3) is 3.71. The van der Waals surface area contributed by atoms with Crippen molar-refractivity contribution in [1.82, 2.24) is 0 Å². The molecule has 1 N–H and O–H groups in total. The summed E-state index contributed by atoms with van der Waals surface area (Å²) in [7, 11) is 0. The van der Waals surface area contributed by atoms with Crippen LogP contribution in [0.25, 0.3) is 0 Å². The van der Waals surface area contributed by atoms with E-state index in [1.165, 1.54) is 6.07 Å². The Morgan fingerprint density at radius 1 is 1.26 bits per heavy atom. The Morgan fingerprint density at radius 2 is 1.84 bits per heavy atom. The van der Waals surface area contributed by atoms with E-state index in [2.05, 4.69) is 5.32 Å². The van der Waals surface area contributed by atoms with Gasteiger partial charge < -0.3 is 5.32 Å². The number of alkyl halides is 3. The van der Waals surface area contributed by atoms with Crippen molar-refractivity contribution in [3.8, 4) is 6.07 Å². The van der Waals surface area contributed by atoms with E-state index in [1.807, 2.05) is 0 Å². The number of carbonyl (C=O) groups is 1. The molecule has 0 radical (unpaired) electrons. The highest BCUT2D eigenvalue weighted by atomic mass is 19.4. The molecule has 0 unspecified atom stereocenters. The topological polar surface area (TPSA) is 52.9 Å². The van der Waals surface area contributed by atoms with E-state index in [9.17, 15) is 18.0 Å². The summed E-state index contributed by atoms with van der Waals surface area (Å²) in [4.78, 5) is 11.7. The van der Waals surface area contributed by atoms with Gasteiger partial charge in [-0.25, -0.2) is 0 Å². The molecule has 1 rings (SSSR count). The Morgan fingerprint density at radius 3 is 2.26 bits per heavy atom. The lowest BCUT2D eigenvalue weighted by molar-refractivity contribution is -0.137. The van der Waals surface area contributed by atoms with Gasteiger partial charge in [0.05, 0.1) is 22.9 Å². The molecule has 0 aliphatic heterocycles. The predicted octanol–water partition coefficient (Wildman–Crippen LogP) is 3.56. The molecule has 6 heteroatoms. The molecule has 102 valence electrons. The Bertz CT molecular complexity index is 536. The fourth-order valence-electron chi connectivity index (χ4n) is 1.27. The first-order valence-electron chi connectivity index (χ1n) is 5.48. The molecule has 0 bridgehead atoms. The van der Waals surface area contributed by atoms with E-state index in [0.717, 1.165) is 12.1 Å². The van der Waals surface area contributed by atoms with Gasteiger partial charge in [-0.15, -0.1) is 0 Å². The number of halogens is 3. The summed E-state index contributed by atoms with van der Waals surface area (Å²) in [5.41, 5.74) is -2.28. The maximum absolute atomic E-state index is 12.9. The van der Waals surface area contributed by atoms with Crippen molar-refractivity contribution < 1.29 is 18.0 Å². The van der Waals surface area contributed by atoms with Gasteiger partial charge in [-0.1, -0.05) is 20.8 Å². The van der Waals surface area contributed by atoms with Crippen molar-refractivity contribution in [2.45, 2.75) is 26.9 Å². The van der Waals surface area contributed by atoms with Crippen LogP contribution in [-0.4, -0.2) is 5.91 Å². The molecule has 0 aliphatic rings. The first-order valence-corrected chi connectivity index (χ1v) is 5.48. The van der Waals surface area contributed by atoms with Crippen molar-refractivity contribution in [3.63, 3.8) is 0 Å². The summed E-state index contributed by atoms with van der Waals surface area (Å²) in [6.07, 6.45) is -4.63. The zero-order chi connectivity index (χ0) is 14.8. The van der Waals surface area contributed by atoms with Crippen molar-refractivity contribution in [1.29, 1.82) is 5.26 Å². The smallest absolute Gasteiger partial charge is 0.325 e. The van der Waals surface area contributed by atoms with Crippen LogP contribution in [0.1, 0.15) is 31.9 Å². The summed E-state index contributed by atoms with van der Waals surface area (Å²) in [6.45, 7) is 4.79. The molecule has 0 saturated heterocycles. The molecule has 0 heterocycles. The maximum atomic E-state index is 12.9. The van der Waals surface area contributed by atoms with E-state index < -0.39 is 23.1 Å². The number of benzene rings is 1. The zero-order valence-electron chi connectivity index (χ0n) is 10.7. The zero-order valence-corrected chi connectivity index (χ0v) is 10.7. The minimum atomic E-state index is -4.63. The van der Waals surface area contributed by atoms with Gasteiger partial charge in [-0.3, -0.25) is 4.79 Å². The molecule has 0 spiro atoms. The highest BCUT2D eigenvalue weighted by molar-refractivity contribution is 5.95. The van der Waals surface area contributed by atoms with Gasteiger partial charge in [-0.05, 0) is 18.2 Å². The molecule has 0 saturated carbocycles. The lowest BCUT2D eigenvalue weighted by Crippen LogP contribution is -2.28. The van der Waals surface area contributed by atoms with Gasteiger partial charge in [0.15, 0.2) is 0 Å². The van der Waals surface area contributed by atoms with Crippen LogP contribution in [0.3, 0.4) is 0 Å². The van der Waals surface area contributed by atoms with Crippen LogP contribution in [0.4, 0.5) is 18.9 Å². The van der Waals surface area contributed by atoms with Crippen LogP contribution in [-0.2, 0) is 11.0 Å². The van der Waals surface area contributed by atoms with Gasteiger partial charge in [-0.2, -0.15) is 18.4 Å². The van der Waals surface area contributed by atoms with E-state index >= 15 is 0 Å². The second-order valence-corrected chi connectivity index (χ2v) is 5.07. The highest BCUT2D eigenvalue weighted by Gasteiger charge is 2.35. The number of nitrogens with zero attached hydrogens (tertiary/aromatic N) is 1. The summed E-state index contributed by atoms with van der Waals surface area (Å²) < 4.78 is 38.6. The first kappa shape index (κ1) is 15.0. The molecular weight excluding hydrogens is 257 g/mol. The Balaban J connectivity index is 3.22. The van der Waals surface area contributed by atoms with E-state index in [1.54, 1.807) is 26.8 Å². The van der Waals surface area contributed by atoms with Crippen LogP contribution in [0.5, 0.6) is 0 Å². The number of rotatable bonds is 1. The molecule has 0 fully saturated rings. The standard InChI is InChI=1S/C13H13F3N2O/c1-12(2,3)11(19)18-10-5-4-8(7-17)6-9(10)13(14,15)16/h4-6H,1-3H3,(H,18,19). The van der Waals surface area contributed by atoms with Crippen molar-refractivity contribution in [2.75, 3.05) is 5.32 Å². The van der Waals surface area contributed by atoms with Crippen molar-refractivity contribution in [3.05, 3.63) is 29.3 Å². The first-order chi connectivity index (χ1) is 8.55. The molecule has 1 amide bonds. The van der Waals surface area contributed by atoms with E-state index in [-0.39, 0.29) is 11.3 Å². The number of nitrogens with one attached hydrogen (secondary N) is 1. The molecule has 1 aromatic carbocycles. The van der Waals surface area contributed by atoms with Crippen LogP contribution in [0.15, 0.2) is 18.2 Å². The number of nitriles is 1. The lowest BCUT2D eigenvalue weighted by atomic mass is 9.95. The second-order valence-electron chi connectivity index (χ2n) is 5.07. The maximum Gasteiger partial charge on any atom is 0.418 e. The predicted molar refractivity (Wildman–Crippen MR) is 64.2 cm³/mol. The largest absolute Gasteiger partial charge is 0.418 e. The Labute approximate surface area is 109 Å². The van der Waals surface area contributed by atoms with Crippen LogP contribution in [0, 0.1) is 16.7 Å². The van der Waals surface area contributed by atoms with Gasteiger partial charge >= 0.3 is 6.18 Å². The second kappa shape index (κ2) is 4.92. The molecule has 3 nitrogen and oxygen atoms in total. The number of hydrogen-bond acceptors (Lipinski definition) is 2. The fourth-order valence-corrected chi connectivity index (χ4v) is 1.27. The normalized spacial score (nSPS) is 11.8. The van der Waals surface area contributed by atoms with Crippen LogP contribution in [0.2, 0.25) is 0 Å². The lowest BCUT2D eigenvalue weighted by Gasteiger charge is -2.20. The summed E-state index contributed by atoms with van der Waals surface area (Å²) >= 11 is 0. The van der Waals surface area contributed by atoms with E-state index in [4.69, 9.17) is 5.26 Å². The molecule has 0 aromatic heterocycles. The SMILES string of the molecule is CC(C)(C)C(=O)Nc1ccc(C#N)cc1C(F)(F)F. The number of carbonyl (C=O) groups excluding carboxylic acids is 1. The molecule has 0 atom stereocenters. The van der Waals surface area contributed by atoms with Gasteiger partial charge in [0.1, 0.15) is 0 Å². The third-order valence-electron chi connectivity index (χ3n) is 2.38. The minimum Gasteiger partial charge on any atom is -0.325 e. The summed E-state index contributed by atoms with van der Waals surface area (Å²) in [5, 5.41) is 10.9. The number of anilines is 1.